The predicted octanol–water partition coefficient (Wildman–Crippen LogP) is 3.48. The Balaban J connectivity index is 1.24. The summed E-state index contributed by atoms with van der Waals surface area (Å²) in [5.41, 5.74) is 9.85. The lowest BCUT2D eigenvalue weighted by Gasteiger charge is -2.22. The lowest BCUT2D eigenvalue weighted by Crippen LogP contribution is -2.35. The summed E-state index contributed by atoms with van der Waals surface area (Å²) in [5.74, 6) is 0.540. The smallest absolute Gasteiger partial charge is 0.170 e. The molecule has 0 bridgehead atoms. The van der Waals surface area contributed by atoms with Gasteiger partial charge in [-0.15, -0.1) is 5.53 Å². The van der Waals surface area contributed by atoms with Crippen molar-refractivity contribution in [2.75, 3.05) is 23.6 Å². The largest absolute Gasteiger partial charge is 0.353 e. The number of nitrogens with zero attached hydrogens (tertiary/aromatic N) is 4. The van der Waals surface area contributed by atoms with Crippen LogP contribution in [0.3, 0.4) is 0 Å². The van der Waals surface area contributed by atoms with Gasteiger partial charge in [-0.1, -0.05) is 12.1 Å². The van der Waals surface area contributed by atoms with E-state index in [4.69, 9.17) is 14.5 Å². The maximum Gasteiger partial charge on any atom is 0.170 e. The van der Waals surface area contributed by atoms with Crippen molar-refractivity contribution in [3.63, 3.8) is 0 Å². The van der Waals surface area contributed by atoms with Gasteiger partial charge in [0.05, 0.1) is 37.3 Å². The summed E-state index contributed by atoms with van der Waals surface area (Å²) >= 11 is 0. The van der Waals surface area contributed by atoms with Crippen molar-refractivity contribution in [3.8, 4) is 11.3 Å². The summed E-state index contributed by atoms with van der Waals surface area (Å²) in [6.07, 6.45) is 6.92. The van der Waals surface area contributed by atoms with E-state index in [1.807, 2.05) is 34.2 Å². The summed E-state index contributed by atoms with van der Waals surface area (Å²) in [4.78, 5) is 4.81. The fraction of sp³-hybridized carbons (Fsp3) is 0.364. The van der Waals surface area contributed by atoms with E-state index in [-0.39, 0.29) is 12.1 Å². The number of ether oxygens (including phenoxy) is 2. The van der Waals surface area contributed by atoms with Crippen LogP contribution in [0, 0.1) is 5.82 Å². The van der Waals surface area contributed by atoms with Crippen molar-refractivity contribution in [3.05, 3.63) is 60.2 Å². The Morgan fingerprint density at radius 2 is 2.06 bits per heavy atom. The summed E-state index contributed by atoms with van der Waals surface area (Å²) in [5, 5.41) is 6.34. The number of fused-ring (bicyclic) bond motifs is 1. The molecule has 1 fully saturated rings. The Kier molecular flexibility index (Phi) is 5.79. The quantitative estimate of drug-likeness (QED) is 0.601. The molecule has 9 heteroatoms. The van der Waals surface area contributed by atoms with Crippen molar-refractivity contribution in [2.45, 2.75) is 38.6 Å². The number of halogens is 1. The second-order valence-corrected chi connectivity index (χ2v) is 7.68. The van der Waals surface area contributed by atoms with E-state index in [0.717, 1.165) is 54.2 Å². The summed E-state index contributed by atoms with van der Waals surface area (Å²) < 4.78 is 26.4. The fourth-order valence-electron chi connectivity index (χ4n) is 3.72. The van der Waals surface area contributed by atoms with Gasteiger partial charge in [-0.25, -0.2) is 9.37 Å². The van der Waals surface area contributed by atoms with E-state index in [9.17, 15) is 4.39 Å². The Hall–Kier alpha value is -3.01. The second-order valence-electron chi connectivity index (χ2n) is 7.68. The number of benzene rings is 1. The highest BCUT2D eigenvalue weighted by molar-refractivity contribution is 5.73. The molecule has 2 N–H and O–H groups in total. The number of aromatic nitrogens is 3. The van der Waals surface area contributed by atoms with Gasteiger partial charge < -0.3 is 14.9 Å². The minimum atomic E-state index is -0.245. The third-order valence-corrected chi connectivity index (χ3v) is 5.40. The molecule has 31 heavy (non-hydrogen) atoms. The molecule has 5 rings (SSSR count). The molecule has 1 saturated heterocycles. The normalized spacial score (nSPS) is 18.1. The number of hydrazine groups is 2. The summed E-state index contributed by atoms with van der Waals surface area (Å²) in [6.45, 7) is 2.55. The van der Waals surface area contributed by atoms with Gasteiger partial charge in [0, 0.05) is 18.4 Å². The average Bonchev–Trinajstić information content (AvgIpc) is 3.43. The van der Waals surface area contributed by atoms with Crippen molar-refractivity contribution in [2.24, 2.45) is 0 Å². The van der Waals surface area contributed by atoms with Crippen LogP contribution in [0.5, 0.6) is 0 Å². The SMILES string of the molecule is Fc1ccc(CN2NNc3ccc(-c4cnn(CCOC5CCCCO5)c4)nc32)cc1. The monoisotopic (exact) mass is 424 g/mol. The molecule has 162 valence electrons. The Morgan fingerprint density at radius 3 is 2.90 bits per heavy atom. The maximum absolute atomic E-state index is 13.2. The first kappa shape index (κ1) is 19.9. The molecule has 1 atom stereocenters. The molecule has 1 aromatic carbocycles. The van der Waals surface area contributed by atoms with Crippen LogP contribution in [0.2, 0.25) is 0 Å². The van der Waals surface area contributed by atoms with Crippen molar-refractivity contribution in [1.82, 2.24) is 20.3 Å². The Morgan fingerprint density at radius 1 is 1.16 bits per heavy atom. The van der Waals surface area contributed by atoms with Crippen LogP contribution in [0.25, 0.3) is 11.3 Å². The first-order valence-corrected chi connectivity index (χ1v) is 10.6. The molecule has 0 aliphatic carbocycles. The van der Waals surface area contributed by atoms with E-state index in [1.54, 1.807) is 12.1 Å². The Labute approximate surface area is 179 Å². The molecule has 3 aromatic rings. The summed E-state index contributed by atoms with van der Waals surface area (Å²) in [7, 11) is 0. The molecule has 2 aliphatic heterocycles. The Bertz CT molecular complexity index is 1020. The van der Waals surface area contributed by atoms with Crippen molar-refractivity contribution in [1.29, 1.82) is 0 Å². The van der Waals surface area contributed by atoms with Crippen LogP contribution in [-0.2, 0) is 22.6 Å². The molecule has 2 aliphatic rings. The highest BCUT2D eigenvalue weighted by Gasteiger charge is 2.21. The number of anilines is 2. The van der Waals surface area contributed by atoms with Gasteiger partial charge in [0.1, 0.15) is 5.82 Å². The van der Waals surface area contributed by atoms with Gasteiger partial charge in [0.15, 0.2) is 12.1 Å². The topological polar surface area (TPSA) is 76.5 Å². The van der Waals surface area contributed by atoms with E-state index in [2.05, 4.69) is 16.1 Å². The minimum absolute atomic E-state index is 0.0887. The highest BCUT2D eigenvalue weighted by atomic mass is 19.1. The van der Waals surface area contributed by atoms with E-state index in [0.29, 0.717) is 19.7 Å². The molecule has 8 nitrogen and oxygen atoms in total. The van der Waals surface area contributed by atoms with E-state index < -0.39 is 0 Å². The standard InChI is InChI=1S/C22H25FN6O2/c23-18-6-4-16(5-7-18)14-29-22-20(26-27-29)9-8-19(25-22)17-13-24-28(15-17)10-12-31-21-3-1-2-11-30-21/h4-9,13,15,21,26-27H,1-3,10-12,14H2. The third kappa shape index (κ3) is 4.68. The maximum atomic E-state index is 13.2. The molecular weight excluding hydrogens is 399 g/mol. The van der Waals surface area contributed by atoms with E-state index >= 15 is 0 Å². The molecule has 0 spiro atoms. The number of nitrogens with one attached hydrogen (secondary N) is 2. The zero-order valence-corrected chi connectivity index (χ0v) is 17.1. The van der Waals surface area contributed by atoms with Crippen molar-refractivity contribution >= 4 is 11.5 Å². The third-order valence-electron chi connectivity index (χ3n) is 5.40. The number of hydrogen-bond donors (Lipinski definition) is 2. The minimum Gasteiger partial charge on any atom is -0.353 e. The molecule has 2 aromatic heterocycles. The average molecular weight is 424 g/mol. The van der Waals surface area contributed by atoms with E-state index in [1.165, 1.54) is 12.1 Å². The molecule has 1 unspecified atom stereocenters. The lowest BCUT2D eigenvalue weighted by molar-refractivity contribution is -0.163. The molecule has 0 amide bonds. The molecule has 0 saturated carbocycles. The van der Waals surface area contributed by atoms with Crippen LogP contribution < -0.4 is 16.0 Å². The predicted molar refractivity (Wildman–Crippen MR) is 114 cm³/mol. The van der Waals surface area contributed by atoms with Gasteiger partial charge in [0.2, 0.25) is 0 Å². The first-order valence-electron chi connectivity index (χ1n) is 10.6. The lowest BCUT2D eigenvalue weighted by atomic mass is 10.2. The second kappa shape index (κ2) is 9.01. The van der Waals surface area contributed by atoms with Crippen LogP contribution in [0.4, 0.5) is 15.9 Å². The number of rotatable bonds is 7. The molecular formula is C22H25FN6O2. The van der Waals surface area contributed by atoms with Gasteiger partial charge in [-0.3, -0.25) is 9.69 Å². The molecule has 0 radical (unpaired) electrons. The number of pyridine rings is 1. The van der Waals surface area contributed by atoms with Gasteiger partial charge in [-0.2, -0.15) is 5.10 Å². The van der Waals surface area contributed by atoms with Crippen molar-refractivity contribution < 1.29 is 13.9 Å². The summed E-state index contributed by atoms with van der Waals surface area (Å²) in [6, 6.07) is 10.4. The zero-order chi connectivity index (χ0) is 21.0. The van der Waals surface area contributed by atoms with Crippen LogP contribution >= 0.6 is 0 Å². The fourth-order valence-corrected chi connectivity index (χ4v) is 3.72. The first-order chi connectivity index (χ1) is 15.2. The van der Waals surface area contributed by atoms with Gasteiger partial charge in [-0.05, 0) is 49.1 Å². The molecule has 4 heterocycles. The van der Waals surface area contributed by atoms with Gasteiger partial charge in [0.25, 0.3) is 0 Å². The van der Waals surface area contributed by atoms with Crippen LogP contribution in [-0.4, -0.2) is 34.3 Å². The van der Waals surface area contributed by atoms with Gasteiger partial charge >= 0.3 is 0 Å². The zero-order valence-electron chi connectivity index (χ0n) is 17.1. The highest BCUT2D eigenvalue weighted by Crippen LogP contribution is 2.31. The van der Waals surface area contributed by atoms with Crippen LogP contribution in [0.1, 0.15) is 24.8 Å². The van der Waals surface area contributed by atoms with Crippen LogP contribution in [0.15, 0.2) is 48.8 Å². The number of hydrogen-bond acceptors (Lipinski definition) is 7.